The Bertz CT molecular complexity index is 2260. The fraction of sp³-hybridized carbons (Fsp3) is 0.261. The van der Waals surface area contributed by atoms with E-state index in [1.165, 1.54) is 131 Å². The second-order valence-corrected chi connectivity index (χ2v) is 14.2. The molecule has 0 spiro atoms. The van der Waals surface area contributed by atoms with Gasteiger partial charge in [-0.25, -0.2) is 0 Å². The van der Waals surface area contributed by atoms with E-state index in [0.29, 0.717) is 11.8 Å². The van der Waals surface area contributed by atoms with Crippen molar-refractivity contribution in [2.45, 2.75) is 76.0 Å². The molecule has 0 bridgehead atoms. The SMILES string of the molecule is c1ccc(-c2ccc(-c3cccc(-c4cc(C5CCCCC5)nc5c4ccc4ccc(C6CCCCC6)nc45)c3)c3ccccc23)cc1. The summed E-state index contributed by atoms with van der Waals surface area (Å²) in [6.45, 7) is 0. The van der Waals surface area contributed by atoms with Crippen LogP contribution in [0.3, 0.4) is 0 Å². The van der Waals surface area contributed by atoms with Gasteiger partial charge in [0.05, 0.1) is 11.0 Å². The van der Waals surface area contributed by atoms with Crippen molar-refractivity contribution in [3.63, 3.8) is 0 Å². The molecule has 2 heterocycles. The Morgan fingerprint density at radius 1 is 0.375 bits per heavy atom. The molecule has 9 rings (SSSR count). The minimum Gasteiger partial charge on any atom is -0.250 e. The lowest BCUT2D eigenvalue weighted by Crippen LogP contribution is -2.08. The topological polar surface area (TPSA) is 25.8 Å². The number of nitrogens with zero attached hydrogens (tertiary/aromatic N) is 2. The van der Waals surface area contributed by atoms with Gasteiger partial charge in [-0.05, 0) is 88.0 Å². The van der Waals surface area contributed by atoms with Gasteiger partial charge in [0.2, 0.25) is 0 Å². The quantitative estimate of drug-likeness (QED) is 0.179. The molecule has 2 aliphatic rings. The number of hydrogen-bond acceptors (Lipinski definition) is 2. The van der Waals surface area contributed by atoms with Crippen LogP contribution in [0.2, 0.25) is 0 Å². The largest absolute Gasteiger partial charge is 0.250 e. The third-order valence-electron chi connectivity index (χ3n) is 11.2. The normalized spacial score (nSPS) is 16.2. The number of rotatable bonds is 5. The maximum absolute atomic E-state index is 5.50. The van der Waals surface area contributed by atoms with Crippen molar-refractivity contribution in [2.75, 3.05) is 0 Å². The summed E-state index contributed by atoms with van der Waals surface area (Å²) in [6, 6.07) is 45.0. The fourth-order valence-electron chi connectivity index (χ4n) is 8.65. The van der Waals surface area contributed by atoms with Gasteiger partial charge in [0.1, 0.15) is 0 Å². The molecule has 0 radical (unpaired) electrons. The van der Waals surface area contributed by atoms with E-state index in [2.05, 4.69) is 121 Å². The molecule has 2 nitrogen and oxygen atoms in total. The predicted molar refractivity (Wildman–Crippen MR) is 203 cm³/mol. The van der Waals surface area contributed by atoms with Crippen molar-refractivity contribution in [2.24, 2.45) is 0 Å². The zero-order valence-electron chi connectivity index (χ0n) is 27.7. The Kier molecular flexibility index (Phi) is 7.73. The van der Waals surface area contributed by atoms with Gasteiger partial charge in [-0.1, -0.05) is 142 Å². The molecule has 7 aromatic rings. The minimum atomic E-state index is 0.511. The van der Waals surface area contributed by atoms with Gasteiger partial charge in [-0.2, -0.15) is 0 Å². The molecule has 236 valence electrons. The minimum absolute atomic E-state index is 0.511. The smallest absolute Gasteiger partial charge is 0.0974 e. The molecule has 0 aliphatic heterocycles. The van der Waals surface area contributed by atoms with Gasteiger partial charge in [0, 0.05) is 34.0 Å². The number of fused-ring (bicyclic) bond motifs is 4. The average Bonchev–Trinajstić information content (AvgIpc) is 3.18. The predicted octanol–water partition coefficient (Wildman–Crippen LogP) is 13.0. The average molecular weight is 623 g/mol. The highest BCUT2D eigenvalue weighted by Crippen LogP contribution is 2.41. The lowest BCUT2D eigenvalue weighted by molar-refractivity contribution is 0.437. The summed E-state index contributed by atoms with van der Waals surface area (Å²) in [6.07, 6.45) is 12.9. The summed E-state index contributed by atoms with van der Waals surface area (Å²) >= 11 is 0. The van der Waals surface area contributed by atoms with E-state index >= 15 is 0 Å². The Hall–Kier alpha value is -4.82. The number of pyridine rings is 2. The number of aromatic nitrogens is 2. The molecule has 2 fully saturated rings. The summed E-state index contributed by atoms with van der Waals surface area (Å²) < 4.78 is 0. The third kappa shape index (κ3) is 5.38. The van der Waals surface area contributed by atoms with Crippen LogP contribution in [-0.2, 0) is 0 Å². The van der Waals surface area contributed by atoms with Crippen LogP contribution in [0.4, 0.5) is 0 Å². The molecule has 0 amide bonds. The van der Waals surface area contributed by atoms with Crippen molar-refractivity contribution in [1.82, 2.24) is 9.97 Å². The molecule has 2 heteroatoms. The van der Waals surface area contributed by atoms with E-state index in [1.807, 2.05) is 0 Å². The molecule has 2 aliphatic carbocycles. The van der Waals surface area contributed by atoms with Crippen LogP contribution in [0.25, 0.3) is 66.0 Å². The summed E-state index contributed by atoms with van der Waals surface area (Å²) in [7, 11) is 0. The Balaban J connectivity index is 1.22. The highest BCUT2D eigenvalue weighted by Gasteiger charge is 2.22. The molecular weight excluding hydrogens is 581 g/mol. The standard InChI is InChI=1S/C46H42N2/c1-4-13-31(14-5-1)37-26-27-38(40-22-11-10-21-39(37)40)35-19-12-20-36(29-35)42-30-44(33-17-8-3-9-18-33)48-46-41(42)25-23-34-24-28-43(47-45(34)46)32-15-6-2-7-16-32/h1,4-5,10-14,19-30,32-33H,2-3,6-9,15-18H2. The van der Waals surface area contributed by atoms with E-state index < -0.39 is 0 Å². The molecular formula is C46H42N2. The second-order valence-electron chi connectivity index (χ2n) is 14.2. The Morgan fingerprint density at radius 3 is 1.65 bits per heavy atom. The summed E-state index contributed by atoms with van der Waals surface area (Å²) in [5.41, 5.74) is 12.2. The maximum Gasteiger partial charge on any atom is 0.0974 e. The van der Waals surface area contributed by atoms with Gasteiger partial charge in [-0.3, -0.25) is 9.97 Å². The lowest BCUT2D eigenvalue weighted by Gasteiger charge is -2.23. The summed E-state index contributed by atoms with van der Waals surface area (Å²) in [4.78, 5) is 10.9. The summed E-state index contributed by atoms with van der Waals surface area (Å²) in [5, 5.41) is 4.97. The van der Waals surface area contributed by atoms with Crippen LogP contribution < -0.4 is 0 Å². The zero-order valence-corrected chi connectivity index (χ0v) is 27.7. The van der Waals surface area contributed by atoms with E-state index in [0.717, 1.165) is 11.0 Å². The van der Waals surface area contributed by atoms with Gasteiger partial charge in [-0.15, -0.1) is 0 Å². The molecule has 0 saturated heterocycles. The van der Waals surface area contributed by atoms with Crippen LogP contribution in [0, 0.1) is 0 Å². The third-order valence-corrected chi connectivity index (χ3v) is 11.2. The van der Waals surface area contributed by atoms with E-state index in [-0.39, 0.29) is 0 Å². The van der Waals surface area contributed by atoms with Gasteiger partial charge in [0.15, 0.2) is 0 Å². The van der Waals surface area contributed by atoms with Crippen molar-refractivity contribution < 1.29 is 0 Å². The molecule has 2 aromatic heterocycles. The molecule has 48 heavy (non-hydrogen) atoms. The van der Waals surface area contributed by atoms with Gasteiger partial charge in [0.25, 0.3) is 0 Å². The second kappa shape index (κ2) is 12.7. The molecule has 0 N–H and O–H groups in total. The highest BCUT2D eigenvalue weighted by molar-refractivity contribution is 6.09. The number of benzene rings is 5. The van der Waals surface area contributed by atoms with Crippen LogP contribution in [0.1, 0.15) is 87.4 Å². The van der Waals surface area contributed by atoms with Gasteiger partial charge < -0.3 is 0 Å². The van der Waals surface area contributed by atoms with Crippen LogP contribution in [-0.4, -0.2) is 9.97 Å². The first-order valence-corrected chi connectivity index (χ1v) is 18.2. The zero-order chi connectivity index (χ0) is 31.9. The maximum atomic E-state index is 5.50. The van der Waals surface area contributed by atoms with Crippen molar-refractivity contribution in [1.29, 1.82) is 0 Å². The molecule has 0 unspecified atom stereocenters. The van der Waals surface area contributed by atoms with Crippen LogP contribution in [0.15, 0.2) is 121 Å². The van der Waals surface area contributed by atoms with Gasteiger partial charge >= 0.3 is 0 Å². The van der Waals surface area contributed by atoms with E-state index in [1.54, 1.807) is 0 Å². The highest BCUT2D eigenvalue weighted by atomic mass is 14.8. The van der Waals surface area contributed by atoms with Crippen molar-refractivity contribution >= 4 is 32.6 Å². The van der Waals surface area contributed by atoms with Crippen LogP contribution >= 0.6 is 0 Å². The Labute approximate surface area is 283 Å². The monoisotopic (exact) mass is 622 g/mol. The van der Waals surface area contributed by atoms with Crippen molar-refractivity contribution in [3.8, 4) is 33.4 Å². The lowest BCUT2D eigenvalue weighted by atomic mass is 9.85. The first-order valence-electron chi connectivity index (χ1n) is 18.2. The van der Waals surface area contributed by atoms with Crippen molar-refractivity contribution in [3.05, 3.63) is 133 Å². The number of hydrogen-bond donors (Lipinski definition) is 0. The van der Waals surface area contributed by atoms with Crippen LogP contribution in [0.5, 0.6) is 0 Å². The molecule has 5 aromatic carbocycles. The first kappa shape index (κ1) is 29.3. The summed E-state index contributed by atoms with van der Waals surface area (Å²) in [5.74, 6) is 1.08. The first-order chi connectivity index (χ1) is 23.8. The van der Waals surface area contributed by atoms with E-state index in [4.69, 9.17) is 9.97 Å². The van der Waals surface area contributed by atoms with E-state index in [9.17, 15) is 0 Å². The molecule has 2 saturated carbocycles. The fourth-order valence-corrected chi connectivity index (χ4v) is 8.65. The molecule has 0 atom stereocenters. The Morgan fingerprint density at radius 2 is 0.938 bits per heavy atom.